The third-order valence-electron chi connectivity index (χ3n) is 1.65. The van der Waals surface area contributed by atoms with Crippen molar-refractivity contribution in [3.05, 3.63) is 29.2 Å². The van der Waals surface area contributed by atoms with Gasteiger partial charge in [-0.3, -0.25) is 0 Å². The van der Waals surface area contributed by atoms with Gasteiger partial charge in [0.25, 0.3) is 0 Å². The van der Waals surface area contributed by atoms with Crippen LogP contribution in [0.3, 0.4) is 0 Å². The molecule has 0 aromatic heterocycles. The number of hydrogen-bond donors (Lipinski definition) is 1. The Labute approximate surface area is 81.5 Å². The summed E-state index contributed by atoms with van der Waals surface area (Å²) >= 11 is 0. The van der Waals surface area contributed by atoms with Crippen molar-refractivity contribution in [1.29, 1.82) is 5.39 Å². The van der Waals surface area contributed by atoms with Gasteiger partial charge in [0.2, 0.25) is 5.39 Å². The van der Waals surface area contributed by atoms with E-state index in [0.29, 0.717) is 0 Å². The monoisotopic (exact) mass is 213 g/mol. The number of aliphatic hydroxyl groups is 1. The third-order valence-corrected chi connectivity index (χ3v) is 3.34. The summed E-state index contributed by atoms with van der Waals surface area (Å²) in [6.07, 6.45) is 0. The summed E-state index contributed by atoms with van der Waals surface area (Å²) in [7, 11) is -3.46. The van der Waals surface area contributed by atoms with E-state index in [4.69, 9.17) is 10.5 Å². The molecule has 14 heavy (non-hydrogen) atoms. The molecule has 1 rings (SSSR count). The van der Waals surface area contributed by atoms with Gasteiger partial charge in [0.05, 0.1) is 23.3 Å². The molecular weight excluding hydrogens is 204 g/mol. The average Bonchev–Trinajstić information content (AvgIpc) is 2.18. The molecule has 0 heterocycles. The molecule has 0 atom stereocenters. The summed E-state index contributed by atoms with van der Waals surface area (Å²) < 4.78 is 22.8. The Morgan fingerprint density at radius 3 is 2.71 bits per heavy atom. The van der Waals surface area contributed by atoms with E-state index in [2.05, 4.69) is 4.98 Å². The van der Waals surface area contributed by atoms with E-state index >= 15 is 0 Å². The van der Waals surface area contributed by atoms with Crippen molar-refractivity contribution in [2.45, 2.75) is 4.90 Å². The number of benzene rings is 1. The number of nitrogens with zero attached hydrogens (tertiary/aromatic N) is 2. The predicted molar refractivity (Wildman–Crippen MR) is 50.3 cm³/mol. The van der Waals surface area contributed by atoms with E-state index in [-0.39, 0.29) is 16.3 Å². The Balaban J connectivity index is 3.15. The van der Waals surface area contributed by atoms with E-state index in [0.717, 1.165) is 0 Å². The zero-order valence-electron chi connectivity index (χ0n) is 7.29. The van der Waals surface area contributed by atoms with Crippen LogP contribution in [0.4, 0.5) is 5.69 Å². The Bertz CT molecular complexity index is 462. The standard InChI is InChI=1S/C8H9N2O3S/c9-10-7-2-1-3-8(6-7)14(12,13)5-4-11/h1-3,6,11H,4-5H2/q+1. The number of rotatable bonds is 3. The van der Waals surface area contributed by atoms with Crippen molar-refractivity contribution < 1.29 is 13.5 Å². The minimum absolute atomic E-state index is 0.0434. The Morgan fingerprint density at radius 1 is 1.43 bits per heavy atom. The first-order valence-electron chi connectivity index (χ1n) is 3.89. The van der Waals surface area contributed by atoms with Gasteiger partial charge in [0.1, 0.15) is 0 Å². The van der Waals surface area contributed by atoms with Gasteiger partial charge in [-0.15, -0.1) is 0 Å². The lowest BCUT2D eigenvalue weighted by molar-refractivity contribution is 0.319. The molecule has 0 saturated carbocycles. The summed E-state index contributed by atoms with van der Waals surface area (Å²) in [5.41, 5.74) is 0.170. The molecule has 0 bridgehead atoms. The van der Waals surface area contributed by atoms with Gasteiger partial charge in [-0.2, -0.15) is 0 Å². The molecule has 0 radical (unpaired) electrons. The number of hydrogen-bond acceptors (Lipinski definition) is 4. The highest BCUT2D eigenvalue weighted by molar-refractivity contribution is 7.91. The van der Waals surface area contributed by atoms with Crippen LogP contribution in [0.5, 0.6) is 0 Å². The molecule has 6 heteroatoms. The van der Waals surface area contributed by atoms with Crippen LogP contribution < -0.4 is 0 Å². The summed E-state index contributed by atoms with van der Waals surface area (Å²) in [6.45, 7) is -0.428. The zero-order chi connectivity index (χ0) is 10.6. The quantitative estimate of drug-likeness (QED) is 0.757. The smallest absolute Gasteiger partial charge is 0.386 e. The van der Waals surface area contributed by atoms with Crippen molar-refractivity contribution in [1.82, 2.24) is 0 Å². The second-order valence-corrected chi connectivity index (χ2v) is 4.75. The summed E-state index contributed by atoms with van der Waals surface area (Å²) in [6, 6.07) is 5.57. The summed E-state index contributed by atoms with van der Waals surface area (Å²) in [5.74, 6) is -0.331. The summed E-state index contributed by atoms with van der Waals surface area (Å²) in [4.78, 5) is 2.92. The molecule has 0 aliphatic rings. The fourth-order valence-electron chi connectivity index (χ4n) is 0.977. The maximum Gasteiger partial charge on any atom is 0.386 e. The minimum Gasteiger partial charge on any atom is -0.395 e. The van der Waals surface area contributed by atoms with Gasteiger partial charge in [-0.05, 0) is 6.07 Å². The van der Waals surface area contributed by atoms with Crippen LogP contribution in [-0.2, 0) is 9.84 Å². The number of sulfone groups is 1. The van der Waals surface area contributed by atoms with Crippen molar-refractivity contribution in [2.75, 3.05) is 12.4 Å². The fourth-order valence-corrected chi connectivity index (χ4v) is 2.04. The van der Waals surface area contributed by atoms with Crippen LogP contribution in [0.25, 0.3) is 4.98 Å². The van der Waals surface area contributed by atoms with Crippen LogP contribution in [0, 0.1) is 5.39 Å². The van der Waals surface area contributed by atoms with E-state index in [1.807, 2.05) is 0 Å². The predicted octanol–water partition coefficient (Wildman–Crippen LogP) is 0.937. The van der Waals surface area contributed by atoms with E-state index < -0.39 is 16.4 Å². The molecule has 0 unspecified atom stereocenters. The van der Waals surface area contributed by atoms with Gasteiger partial charge in [0.15, 0.2) is 14.8 Å². The highest BCUT2D eigenvalue weighted by Gasteiger charge is 2.16. The lowest BCUT2D eigenvalue weighted by Gasteiger charge is -1.99. The zero-order valence-corrected chi connectivity index (χ0v) is 8.11. The van der Waals surface area contributed by atoms with Crippen LogP contribution in [0.1, 0.15) is 0 Å². The van der Waals surface area contributed by atoms with E-state index in [1.165, 1.54) is 24.3 Å². The third kappa shape index (κ3) is 2.28. The molecule has 0 amide bonds. The first-order chi connectivity index (χ1) is 6.60. The Hall–Kier alpha value is -1.45. The maximum atomic E-state index is 11.4. The molecule has 1 N–H and O–H groups in total. The number of aliphatic hydroxyl groups excluding tert-OH is 1. The molecule has 0 saturated heterocycles. The van der Waals surface area contributed by atoms with Crippen LogP contribution in [0.2, 0.25) is 0 Å². The molecule has 5 nitrogen and oxygen atoms in total. The van der Waals surface area contributed by atoms with Gasteiger partial charge in [-0.25, -0.2) is 8.42 Å². The first kappa shape index (κ1) is 10.6. The fraction of sp³-hybridized carbons (Fsp3) is 0.250. The number of diazo groups is 1. The molecule has 0 aliphatic carbocycles. The van der Waals surface area contributed by atoms with Crippen LogP contribution in [-0.4, -0.2) is 25.9 Å². The molecule has 74 valence electrons. The van der Waals surface area contributed by atoms with Crippen molar-refractivity contribution in [3.63, 3.8) is 0 Å². The Morgan fingerprint density at radius 2 is 2.14 bits per heavy atom. The molecule has 1 aromatic rings. The van der Waals surface area contributed by atoms with Gasteiger partial charge < -0.3 is 5.11 Å². The molecular formula is C8H9N2O3S+. The second kappa shape index (κ2) is 4.17. The molecule has 0 aliphatic heterocycles. The Kier molecular flexibility index (Phi) is 3.17. The molecule has 0 spiro atoms. The van der Waals surface area contributed by atoms with Crippen molar-refractivity contribution >= 4 is 15.5 Å². The highest BCUT2D eigenvalue weighted by atomic mass is 32.2. The van der Waals surface area contributed by atoms with E-state index in [1.54, 1.807) is 0 Å². The molecule has 0 fully saturated rings. The first-order valence-corrected chi connectivity index (χ1v) is 5.54. The van der Waals surface area contributed by atoms with Crippen molar-refractivity contribution in [3.8, 4) is 0 Å². The highest BCUT2D eigenvalue weighted by Crippen LogP contribution is 2.18. The van der Waals surface area contributed by atoms with Crippen LogP contribution >= 0.6 is 0 Å². The molecule has 1 aromatic carbocycles. The minimum atomic E-state index is -3.46. The van der Waals surface area contributed by atoms with Gasteiger partial charge >= 0.3 is 5.69 Å². The topological polar surface area (TPSA) is 82.5 Å². The van der Waals surface area contributed by atoms with Gasteiger partial charge in [0, 0.05) is 6.07 Å². The van der Waals surface area contributed by atoms with Gasteiger partial charge in [-0.1, -0.05) is 6.07 Å². The summed E-state index contributed by atoms with van der Waals surface area (Å²) in [5, 5.41) is 17.0. The lowest BCUT2D eigenvalue weighted by atomic mass is 10.3. The maximum absolute atomic E-state index is 11.4. The SMILES string of the molecule is N#[N+]c1cccc(S(=O)(=O)CCO)c1. The van der Waals surface area contributed by atoms with Crippen LogP contribution in [0.15, 0.2) is 29.2 Å². The normalized spacial score (nSPS) is 10.9. The average molecular weight is 213 g/mol. The lowest BCUT2D eigenvalue weighted by Crippen LogP contribution is -2.09. The second-order valence-electron chi connectivity index (χ2n) is 2.64. The van der Waals surface area contributed by atoms with E-state index in [9.17, 15) is 8.42 Å². The van der Waals surface area contributed by atoms with Crippen molar-refractivity contribution in [2.24, 2.45) is 0 Å². The largest absolute Gasteiger partial charge is 0.395 e.